The number of hydrogen-bond donors (Lipinski definition) is 1. The van der Waals surface area contributed by atoms with Gasteiger partial charge in [0.25, 0.3) is 5.91 Å². The molecule has 1 N–H and O–H groups in total. The molecule has 0 unspecified atom stereocenters. The molecule has 0 bridgehead atoms. The predicted octanol–water partition coefficient (Wildman–Crippen LogP) is 4.48. The lowest BCUT2D eigenvalue weighted by Gasteiger charge is -2.10. The summed E-state index contributed by atoms with van der Waals surface area (Å²) >= 11 is -0.750. The van der Waals surface area contributed by atoms with Crippen molar-refractivity contribution in [3.8, 4) is 17.4 Å². The molecule has 10 heteroatoms. The quantitative estimate of drug-likeness (QED) is 0.441. The van der Waals surface area contributed by atoms with Crippen LogP contribution in [0, 0.1) is 6.92 Å². The van der Waals surface area contributed by atoms with Crippen LogP contribution in [0.5, 0.6) is 17.4 Å². The molecule has 4 rings (SSSR count). The van der Waals surface area contributed by atoms with Crippen LogP contribution in [0.25, 0.3) is 11.0 Å². The zero-order chi connectivity index (χ0) is 23.8. The van der Waals surface area contributed by atoms with Crippen LogP contribution in [0.2, 0.25) is 0 Å². The highest BCUT2D eigenvalue weighted by molar-refractivity contribution is 7.51. The second kappa shape index (κ2) is 11.0. The van der Waals surface area contributed by atoms with E-state index < -0.39 is 11.6 Å². The molecule has 0 radical (unpaired) electrons. The Balaban J connectivity index is 0.000000968. The van der Waals surface area contributed by atoms with Crippen LogP contribution in [0.15, 0.2) is 59.3 Å². The van der Waals surface area contributed by atoms with E-state index in [0.717, 1.165) is 23.1 Å². The molecule has 9 nitrogen and oxygen atoms in total. The number of ether oxygens (including phenoxy) is 2. The summed E-state index contributed by atoms with van der Waals surface area (Å²) in [5.74, 6) is 2.38. The van der Waals surface area contributed by atoms with E-state index in [1.165, 1.54) is 19.5 Å². The van der Waals surface area contributed by atoms with Gasteiger partial charge in [0.15, 0.2) is 5.82 Å². The number of nitrogens with one attached hydrogen (secondary N) is 1. The van der Waals surface area contributed by atoms with Crippen LogP contribution in [0.3, 0.4) is 0 Å². The van der Waals surface area contributed by atoms with Crippen molar-refractivity contribution in [2.24, 2.45) is 0 Å². The number of methoxy groups -OCH3 is 1. The zero-order valence-corrected chi connectivity index (χ0v) is 19.0. The number of nitrogens with zero attached hydrogens (tertiary/aromatic N) is 2. The molecule has 0 spiro atoms. The number of fused-ring (bicyclic) bond motifs is 1. The van der Waals surface area contributed by atoms with Gasteiger partial charge >= 0.3 is 11.6 Å². The van der Waals surface area contributed by atoms with Crippen molar-refractivity contribution in [1.82, 2.24) is 9.97 Å². The number of aryl methyl sites for hydroxylation is 2. The second-order valence-corrected chi connectivity index (χ2v) is 6.97. The maximum Gasteiger partial charge on any atom is 0.335 e. The van der Waals surface area contributed by atoms with Gasteiger partial charge in [-0.2, -0.15) is 8.42 Å². The van der Waals surface area contributed by atoms with Crippen LogP contribution in [-0.2, 0) is 18.0 Å². The van der Waals surface area contributed by atoms with E-state index in [2.05, 4.69) is 15.3 Å². The predicted molar refractivity (Wildman–Crippen MR) is 122 cm³/mol. The Bertz CT molecular complexity index is 1280. The minimum Gasteiger partial charge on any atom is -0.480 e. The second-order valence-electron chi connectivity index (χ2n) is 6.83. The Hall–Kier alpha value is -4.05. The van der Waals surface area contributed by atoms with Crippen molar-refractivity contribution >= 4 is 34.3 Å². The number of anilines is 1. The van der Waals surface area contributed by atoms with Gasteiger partial charge in [-0.05, 0) is 37.3 Å². The molecule has 0 aliphatic carbocycles. The summed E-state index contributed by atoms with van der Waals surface area (Å²) < 4.78 is 33.5. The van der Waals surface area contributed by atoms with E-state index in [9.17, 15) is 4.79 Å². The molecule has 33 heavy (non-hydrogen) atoms. The number of benzene rings is 2. The third-order valence-corrected chi connectivity index (χ3v) is 4.59. The van der Waals surface area contributed by atoms with Gasteiger partial charge in [-0.1, -0.05) is 24.6 Å². The number of carbonyl (C=O) groups excluding carboxylic acids is 1. The first-order valence-electron chi connectivity index (χ1n) is 9.87. The average molecular weight is 468 g/mol. The lowest BCUT2D eigenvalue weighted by atomic mass is 10.1. The molecule has 0 atom stereocenters. The SMILES string of the molecule is CCc1cc2c(Oc3ccc(C)cc3)cc(C(=O)Nc3cnc(OC)cn3)cc2o1.O=S=O. The summed E-state index contributed by atoms with van der Waals surface area (Å²) in [5.41, 5.74) is 2.11. The highest BCUT2D eigenvalue weighted by atomic mass is 32.1. The summed E-state index contributed by atoms with van der Waals surface area (Å²) in [6.07, 6.45) is 3.60. The largest absolute Gasteiger partial charge is 0.480 e. The summed E-state index contributed by atoms with van der Waals surface area (Å²) in [5, 5.41) is 3.54. The Morgan fingerprint density at radius 2 is 1.82 bits per heavy atom. The first-order chi connectivity index (χ1) is 16.0. The zero-order valence-electron chi connectivity index (χ0n) is 18.2. The molecule has 2 heterocycles. The molecule has 2 aromatic carbocycles. The maximum atomic E-state index is 12.8. The van der Waals surface area contributed by atoms with Gasteiger partial charge in [0.1, 0.15) is 22.8 Å². The topological polar surface area (TPSA) is 121 Å². The van der Waals surface area contributed by atoms with E-state index in [1.54, 1.807) is 12.1 Å². The summed E-state index contributed by atoms with van der Waals surface area (Å²) in [6, 6.07) is 13.1. The molecule has 1 amide bonds. The first-order valence-corrected chi connectivity index (χ1v) is 10.5. The molecular weight excluding hydrogens is 446 g/mol. The Morgan fingerprint density at radius 3 is 2.42 bits per heavy atom. The standard InChI is InChI=1S/C23H21N3O4.O2S/c1-4-16-11-18-19(29-16)9-15(10-20(18)30-17-7-5-14(2)6-8-17)23(27)26-21-12-25-22(28-3)13-24-21;1-3-2/h5-13H,4H2,1-3H3,(H,24,26,27);. The summed E-state index contributed by atoms with van der Waals surface area (Å²) in [4.78, 5) is 21.0. The lowest BCUT2D eigenvalue weighted by molar-refractivity contribution is 0.102. The lowest BCUT2D eigenvalue weighted by Crippen LogP contribution is -2.13. The molecule has 2 aromatic heterocycles. The van der Waals surface area contributed by atoms with E-state index >= 15 is 0 Å². The monoisotopic (exact) mass is 467 g/mol. The smallest absolute Gasteiger partial charge is 0.335 e. The van der Waals surface area contributed by atoms with Gasteiger partial charge in [0.05, 0.1) is 24.9 Å². The summed E-state index contributed by atoms with van der Waals surface area (Å²) in [6.45, 7) is 4.02. The molecule has 0 aliphatic rings. The number of amides is 1. The minimum atomic E-state index is -0.750. The third-order valence-electron chi connectivity index (χ3n) is 4.59. The molecular formula is C23H21N3O6S. The van der Waals surface area contributed by atoms with Gasteiger partial charge in [0.2, 0.25) is 5.88 Å². The third kappa shape index (κ3) is 6.01. The van der Waals surface area contributed by atoms with Gasteiger partial charge in [-0.15, -0.1) is 0 Å². The van der Waals surface area contributed by atoms with Crippen molar-refractivity contribution in [1.29, 1.82) is 0 Å². The van der Waals surface area contributed by atoms with Gasteiger partial charge in [-0.25, -0.2) is 9.97 Å². The van der Waals surface area contributed by atoms with Crippen LogP contribution in [0.1, 0.15) is 28.6 Å². The van der Waals surface area contributed by atoms with Gasteiger partial charge in [-0.3, -0.25) is 4.79 Å². The van der Waals surface area contributed by atoms with Crippen molar-refractivity contribution < 1.29 is 27.1 Å². The van der Waals surface area contributed by atoms with Crippen molar-refractivity contribution in [2.45, 2.75) is 20.3 Å². The van der Waals surface area contributed by atoms with Crippen molar-refractivity contribution in [3.05, 3.63) is 71.7 Å². The van der Waals surface area contributed by atoms with E-state index in [1.807, 2.05) is 44.2 Å². The van der Waals surface area contributed by atoms with Crippen LogP contribution >= 0.6 is 0 Å². The summed E-state index contributed by atoms with van der Waals surface area (Å²) in [7, 11) is 1.50. The highest BCUT2D eigenvalue weighted by Gasteiger charge is 2.16. The minimum absolute atomic E-state index is 0.315. The fourth-order valence-electron chi connectivity index (χ4n) is 2.96. The fraction of sp³-hybridized carbons (Fsp3) is 0.174. The van der Waals surface area contributed by atoms with Gasteiger partial charge in [0, 0.05) is 12.0 Å². The number of furan rings is 1. The van der Waals surface area contributed by atoms with Crippen molar-refractivity contribution in [3.63, 3.8) is 0 Å². The fourth-order valence-corrected chi connectivity index (χ4v) is 2.96. The normalized spacial score (nSPS) is 10.2. The van der Waals surface area contributed by atoms with E-state index in [0.29, 0.717) is 34.3 Å². The number of carbonyl (C=O) groups is 1. The molecule has 0 saturated carbocycles. The Labute approximate surface area is 193 Å². The van der Waals surface area contributed by atoms with Crippen LogP contribution < -0.4 is 14.8 Å². The Kier molecular flexibility index (Phi) is 7.87. The van der Waals surface area contributed by atoms with E-state index in [-0.39, 0.29) is 5.91 Å². The van der Waals surface area contributed by atoms with Crippen molar-refractivity contribution in [2.75, 3.05) is 12.4 Å². The Morgan fingerprint density at radius 1 is 1.09 bits per heavy atom. The molecule has 0 fully saturated rings. The molecule has 4 aromatic rings. The maximum absolute atomic E-state index is 12.8. The number of hydrogen-bond acceptors (Lipinski definition) is 8. The number of aromatic nitrogens is 2. The molecule has 0 aliphatic heterocycles. The molecule has 0 saturated heterocycles. The average Bonchev–Trinajstić information content (AvgIpc) is 3.25. The molecule has 170 valence electrons. The first kappa shape index (κ1) is 23.6. The van der Waals surface area contributed by atoms with E-state index in [4.69, 9.17) is 22.3 Å². The van der Waals surface area contributed by atoms with Crippen LogP contribution in [-0.4, -0.2) is 31.4 Å². The van der Waals surface area contributed by atoms with Crippen LogP contribution in [0.4, 0.5) is 5.82 Å². The van der Waals surface area contributed by atoms with Gasteiger partial charge < -0.3 is 19.2 Å². The highest BCUT2D eigenvalue weighted by Crippen LogP contribution is 2.34. The number of rotatable bonds is 6.